The summed E-state index contributed by atoms with van der Waals surface area (Å²) in [5.74, 6) is -0.376. The summed E-state index contributed by atoms with van der Waals surface area (Å²) in [5.41, 5.74) is 3.15. The van der Waals surface area contributed by atoms with E-state index in [1.807, 2.05) is 152 Å². The van der Waals surface area contributed by atoms with Gasteiger partial charge in [0.15, 0.2) is 6.29 Å². The van der Waals surface area contributed by atoms with Gasteiger partial charge in [0.05, 0.1) is 26.1 Å². The summed E-state index contributed by atoms with van der Waals surface area (Å²) in [6.45, 7) is 1.48. The molecule has 0 aromatic heterocycles. The zero-order valence-corrected chi connectivity index (χ0v) is 29.9. The van der Waals surface area contributed by atoms with Crippen molar-refractivity contribution in [3.05, 3.63) is 179 Å². The molecule has 1 aliphatic heterocycles. The molecule has 1 aliphatic rings. The van der Waals surface area contributed by atoms with E-state index in [4.69, 9.17) is 23.1 Å². The van der Waals surface area contributed by atoms with Gasteiger partial charge >= 0.3 is 0 Å². The smallest absolute Gasteiger partial charge is 0.264 e. The second kappa shape index (κ2) is 17.2. The van der Waals surface area contributed by atoms with Gasteiger partial charge in [0, 0.05) is 6.92 Å². The van der Waals surface area contributed by atoms with Gasteiger partial charge in [-0.3, -0.25) is 8.98 Å². The summed E-state index contributed by atoms with van der Waals surface area (Å²) in [6, 6.07) is 47.6. The molecule has 270 valence electrons. The molecular weight excluding hydrogens is 679 g/mol. The molecule has 1 saturated heterocycles. The van der Waals surface area contributed by atoms with Crippen LogP contribution in [0.2, 0.25) is 0 Å². The second-order valence-electron chi connectivity index (χ2n) is 12.7. The molecule has 1 amide bonds. The minimum absolute atomic E-state index is 0.103. The SMILES string of the molecule is CC(=O)N[C@H]1[C@@H](OCc2ccccc2)O[C@@H](COC(c2ccccc2)(c2ccccc2)c2ccccc2)[C@@H](OS(C)(=O)=O)[C@@H]1OCc1ccccc1. The van der Waals surface area contributed by atoms with E-state index in [0.717, 1.165) is 34.1 Å². The van der Waals surface area contributed by atoms with Gasteiger partial charge in [-0.1, -0.05) is 152 Å². The summed E-state index contributed by atoms with van der Waals surface area (Å²) >= 11 is 0. The number of benzene rings is 5. The fourth-order valence-corrected chi connectivity index (χ4v) is 7.22. The van der Waals surface area contributed by atoms with Crippen LogP contribution in [0.1, 0.15) is 34.7 Å². The van der Waals surface area contributed by atoms with Gasteiger partial charge in [-0.15, -0.1) is 0 Å². The Hall–Kier alpha value is -4.68. The lowest BCUT2D eigenvalue weighted by Crippen LogP contribution is -2.66. The van der Waals surface area contributed by atoms with E-state index in [0.29, 0.717) is 0 Å². The average molecular weight is 722 g/mol. The van der Waals surface area contributed by atoms with Crippen LogP contribution in [0.15, 0.2) is 152 Å². The molecule has 0 spiro atoms. The number of hydrogen-bond acceptors (Lipinski definition) is 8. The predicted octanol–water partition coefficient (Wildman–Crippen LogP) is 6.37. The van der Waals surface area contributed by atoms with Crippen molar-refractivity contribution in [3.63, 3.8) is 0 Å². The van der Waals surface area contributed by atoms with Crippen LogP contribution in [-0.2, 0) is 56.9 Å². The number of amides is 1. The Morgan fingerprint density at radius 1 is 0.654 bits per heavy atom. The van der Waals surface area contributed by atoms with Crippen LogP contribution in [0.25, 0.3) is 0 Å². The van der Waals surface area contributed by atoms with Crippen LogP contribution in [0, 0.1) is 0 Å². The maximum atomic E-state index is 13.0. The van der Waals surface area contributed by atoms with E-state index in [9.17, 15) is 13.2 Å². The second-order valence-corrected chi connectivity index (χ2v) is 14.3. The van der Waals surface area contributed by atoms with Crippen molar-refractivity contribution < 1.29 is 36.3 Å². The highest BCUT2D eigenvalue weighted by Crippen LogP contribution is 2.41. The van der Waals surface area contributed by atoms with Crippen molar-refractivity contribution >= 4 is 16.0 Å². The predicted molar refractivity (Wildman–Crippen MR) is 197 cm³/mol. The Kier molecular flexibility index (Phi) is 12.3. The summed E-state index contributed by atoms with van der Waals surface area (Å²) < 4.78 is 58.4. The van der Waals surface area contributed by atoms with E-state index in [-0.39, 0.29) is 25.7 Å². The molecule has 10 heteroatoms. The third-order valence-corrected chi connectivity index (χ3v) is 9.42. The number of ether oxygens (including phenoxy) is 4. The summed E-state index contributed by atoms with van der Waals surface area (Å²) in [7, 11) is -4.08. The minimum atomic E-state index is -4.08. The van der Waals surface area contributed by atoms with E-state index in [2.05, 4.69) is 5.32 Å². The van der Waals surface area contributed by atoms with E-state index < -0.39 is 46.4 Å². The van der Waals surface area contributed by atoms with Crippen LogP contribution >= 0.6 is 0 Å². The number of hydrogen-bond donors (Lipinski definition) is 1. The Labute approximate surface area is 305 Å². The molecule has 1 N–H and O–H groups in total. The third-order valence-electron chi connectivity index (χ3n) is 8.85. The van der Waals surface area contributed by atoms with Gasteiger partial charge in [-0.25, -0.2) is 0 Å². The van der Waals surface area contributed by atoms with E-state index in [1.165, 1.54) is 6.92 Å². The van der Waals surface area contributed by atoms with Gasteiger partial charge in [0.1, 0.15) is 30.0 Å². The van der Waals surface area contributed by atoms with Crippen LogP contribution in [0.5, 0.6) is 0 Å². The van der Waals surface area contributed by atoms with Crippen molar-refractivity contribution in [2.24, 2.45) is 0 Å². The normalized spacial score (nSPS) is 20.6. The molecule has 0 aliphatic carbocycles. The van der Waals surface area contributed by atoms with Crippen LogP contribution in [0.3, 0.4) is 0 Å². The summed E-state index contributed by atoms with van der Waals surface area (Å²) in [4.78, 5) is 12.7. The standard InChI is InChI=1S/C42H43NO8S/c1-31(44)43-38-40(47-28-32-18-8-3-9-19-32)39(51-52(2,45)46)37(50-41(38)48-29-33-20-10-4-11-21-33)30-49-42(34-22-12-5-13-23-34,35-24-14-6-15-25-35)36-26-16-7-17-27-36/h3-27,37-41H,28-30H2,1-2H3,(H,43,44)/t37-,38+,39+,40+,41-/m0/s1. The Bertz CT molecular complexity index is 1850. The van der Waals surface area contributed by atoms with Gasteiger partial charge in [0.2, 0.25) is 5.91 Å². The van der Waals surface area contributed by atoms with E-state index >= 15 is 0 Å². The van der Waals surface area contributed by atoms with Crippen LogP contribution < -0.4 is 5.32 Å². The molecule has 0 saturated carbocycles. The van der Waals surface area contributed by atoms with Gasteiger partial charge < -0.3 is 24.3 Å². The monoisotopic (exact) mass is 721 g/mol. The molecule has 6 rings (SSSR count). The molecule has 1 heterocycles. The lowest BCUT2D eigenvalue weighted by atomic mass is 9.80. The maximum Gasteiger partial charge on any atom is 0.264 e. The van der Waals surface area contributed by atoms with Gasteiger partial charge in [-0.05, 0) is 27.8 Å². The number of carbonyl (C=O) groups excluding carboxylic acids is 1. The average Bonchev–Trinajstić information content (AvgIpc) is 3.16. The Morgan fingerprint density at radius 3 is 1.50 bits per heavy atom. The zero-order chi connectivity index (χ0) is 36.4. The molecule has 5 aromatic carbocycles. The highest BCUT2D eigenvalue weighted by Gasteiger charge is 2.51. The van der Waals surface area contributed by atoms with Crippen molar-refractivity contribution in [2.45, 2.75) is 56.4 Å². The fourth-order valence-electron chi connectivity index (χ4n) is 6.58. The summed E-state index contributed by atoms with van der Waals surface area (Å²) in [5, 5.41) is 2.91. The van der Waals surface area contributed by atoms with Gasteiger partial charge in [0.25, 0.3) is 10.1 Å². The Balaban J connectivity index is 1.43. The van der Waals surface area contributed by atoms with Crippen LogP contribution in [-0.4, -0.2) is 57.8 Å². The van der Waals surface area contributed by atoms with Crippen molar-refractivity contribution in [1.82, 2.24) is 5.32 Å². The van der Waals surface area contributed by atoms with Crippen molar-refractivity contribution in [1.29, 1.82) is 0 Å². The number of rotatable bonds is 15. The molecule has 9 nitrogen and oxygen atoms in total. The fraction of sp³-hybridized carbons (Fsp3) is 0.262. The molecule has 5 aromatic rings. The highest BCUT2D eigenvalue weighted by atomic mass is 32.2. The largest absolute Gasteiger partial charge is 0.368 e. The molecule has 0 radical (unpaired) electrons. The molecule has 1 fully saturated rings. The number of nitrogens with one attached hydrogen (secondary N) is 1. The highest BCUT2D eigenvalue weighted by molar-refractivity contribution is 7.86. The lowest BCUT2D eigenvalue weighted by molar-refractivity contribution is -0.282. The molecule has 52 heavy (non-hydrogen) atoms. The number of carbonyl (C=O) groups is 1. The first-order valence-corrected chi connectivity index (χ1v) is 19.0. The lowest BCUT2D eigenvalue weighted by Gasteiger charge is -2.46. The maximum absolute atomic E-state index is 13.0. The van der Waals surface area contributed by atoms with E-state index in [1.54, 1.807) is 0 Å². The van der Waals surface area contributed by atoms with Crippen molar-refractivity contribution in [3.8, 4) is 0 Å². The molecule has 5 atom stereocenters. The first kappa shape index (κ1) is 37.1. The first-order chi connectivity index (χ1) is 25.2. The van der Waals surface area contributed by atoms with Gasteiger partial charge in [-0.2, -0.15) is 8.42 Å². The summed E-state index contributed by atoms with van der Waals surface area (Å²) in [6.07, 6.45) is -3.42. The first-order valence-electron chi connectivity index (χ1n) is 17.2. The molecule has 0 unspecified atom stereocenters. The zero-order valence-electron chi connectivity index (χ0n) is 29.1. The van der Waals surface area contributed by atoms with Crippen molar-refractivity contribution in [2.75, 3.05) is 12.9 Å². The van der Waals surface area contributed by atoms with Crippen LogP contribution in [0.4, 0.5) is 0 Å². The third kappa shape index (κ3) is 9.21. The Morgan fingerprint density at radius 2 is 1.08 bits per heavy atom. The topological polar surface area (TPSA) is 109 Å². The molecule has 0 bridgehead atoms. The minimum Gasteiger partial charge on any atom is -0.368 e. The quantitative estimate of drug-likeness (QED) is 0.0982. The molecular formula is C42H43NO8S.